The Bertz CT molecular complexity index is 396. The van der Waals surface area contributed by atoms with Crippen molar-refractivity contribution in [2.75, 3.05) is 20.0 Å². The van der Waals surface area contributed by atoms with Crippen molar-refractivity contribution < 1.29 is 14.3 Å². The van der Waals surface area contributed by atoms with E-state index in [9.17, 15) is 4.79 Å². The summed E-state index contributed by atoms with van der Waals surface area (Å²) in [5.74, 6) is 2.22. The lowest BCUT2D eigenvalue weighted by Gasteiger charge is -2.09. The Kier molecular flexibility index (Phi) is 6.60. The third-order valence-corrected chi connectivity index (χ3v) is 3.52. The number of hydrogen-bond acceptors (Lipinski definition) is 5. The van der Waals surface area contributed by atoms with Gasteiger partial charge in [-0.3, -0.25) is 4.79 Å². The minimum atomic E-state index is -0.176. The van der Waals surface area contributed by atoms with E-state index in [1.165, 1.54) is 7.11 Å². The van der Waals surface area contributed by atoms with Gasteiger partial charge in [-0.1, -0.05) is 6.07 Å². The van der Waals surface area contributed by atoms with Crippen molar-refractivity contribution in [3.63, 3.8) is 0 Å². The molecule has 4 nitrogen and oxygen atoms in total. The second-order valence-electron chi connectivity index (χ2n) is 3.73. The lowest BCUT2D eigenvalue weighted by molar-refractivity contribution is -0.140. The second-order valence-corrected chi connectivity index (χ2v) is 4.83. The average molecular weight is 269 g/mol. The van der Waals surface area contributed by atoms with Gasteiger partial charge in [0.05, 0.1) is 20.6 Å². The maximum Gasteiger partial charge on any atom is 0.306 e. The van der Waals surface area contributed by atoms with Gasteiger partial charge in [-0.05, 0) is 17.7 Å². The van der Waals surface area contributed by atoms with Crippen molar-refractivity contribution in [3.05, 3.63) is 29.3 Å². The van der Waals surface area contributed by atoms with Crippen LogP contribution in [0.4, 0.5) is 0 Å². The molecule has 0 spiro atoms. The summed E-state index contributed by atoms with van der Waals surface area (Å²) in [5, 5.41) is 0. The highest BCUT2D eigenvalue weighted by Crippen LogP contribution is 2.24. The van der Waals surface area contributed by atoms with Gasteiger partial charge in [0.2, 0.25) is 0 Å². The van der Waals surface area contributed by atoms with E-state index in [-0.39, 0.29) is 5.97 Å². The number of nitrogens with two attached hydrogens (primary N) is 1. The lowest BCUT2D eigenvalue weighted by atomic mass is 10.1. The van der Waals surface area contributed by atoms with Gasteiger partial charge in [-0.2, -0.15) is 11.8 Å². The minimum absolute atomic E-state index is 0.176. The van der Waals surface area contributed by atoms with Crippen LogP contribution in [0.5, 0.6) is 5.75 Å². The van der Waals surface area contributed by atoms with E-state index in [0.29, 0.717) is 13.0 Å². The van der Waals surface area contributed by atoms with Gasteiger partial charge in [-0.15, -0.1) is 0 Å². The van der Waals surface area contributed by atoms with E-state index in [1.807, 2.05) is 18.2 Å². The molecule has 0 aromatic heterocycles. The molecule has 0 aliphatic carbocycles. The summed E-state index contributed by atoms with van der Waals surface area (Å²) in [6.07, 6.45) is 0.431. The van der Waals surface area contributed by atoms with Crippen molar-refractivity contribution in [3.8, 4) is 5.75 Å². The van der Waals surface area contributed by atoms with E-state index in [2.05, 4.69) is 4.74 Å². The molecule has 100 valence electrons. The Labute approximate surface area is 112 Å². The minimum Gasteiger partial charge on any atom is -0.496 e. The van der Waals surface area contributed by atoms with Crippen molar-refractivity contribution in [1.82, 2.24) is 0 Å². The fraction of sp³-hybridized carbons (Fsp3) is 0.462. The van der Waals surface area contributed by atoms with Gasteiger partial charge in [0, 0.05) is 23.6 Å². The summed E-state index contributed by atoms with van der Waals surface area (Å²) in [7, 11) is 3.06. The molecule has 5 heteroatoms. The number of benzene rings is 1. The maximum atomic E-state index is 11.0. The molecule has 18 heavy (non-hydrogen) atoms. The molecule has 2 N–H and O–H groups in total. The standard InChI is InChI=1S/C13H19NO3S/c1-16-12-4-3-10(8-14)7-11(12)9-18-6-5-13(15)17-2/h3-4,7H,5-6,8-9,14H2,1-2H3. The molecule has 0 fully saturated rings. The number of thioether (sulfide) groups is 1. The molecule has 0 aliphatic rings. The van der Waals surface area contributed by atoms with Crippen molar-refractivity contribution in [2.24, 2.45) is 5.73 Å². The van der Waals surface area contributed by atoms with Crippen LogP contribution in [0.3, 0.4) is 0 Å². The van der Waals surface area contributed by atoms with Gasteiger partial charge in [0.1, 0.15) is 5.75 Å². The predicted octanol–water partition coefficient (Wildman–Crippen LogP) is 1.95. The van der Waals surface area contributed by atoms with E-state index >= 15 is 0 Å². The third kappa shape index (κ3) is 4.58. The fourth-order valence-corrected chi connectivity index (χ4v) is 2.41. The summed E-state index contributed by atoms with van der Waals surface area (Å²) in [5.41, 5.74) is 7.80. The second kappa shape index (κ2) is 8.00. The molecule has 1 aromatic rings. The largest absolute Gasteiger partial charge is 0.496 e. The number of rotatable bonds is 7. The molecule has 0 amide bonds. The molecule has 0 aliphatic heterocycles. The fourth-order valence-electron chi connectivity index (χ4n) is 1.51. The Morgan fingerprint density at radius 3 is 2.78 bits per heavy atom. The van der Waals surface area contributed by atoms with E-state index in [1.54, 1.807) is 18.9 Å². The van der Waals surface area contributed by atoms with Crippen LogP contribution in [-0.2, 0) is 21.8 Å². The summed E-state index contributed by atoms with van der Waals surface area (Å²) < 4.78 is 9.89. The van der Waals surface area contributed by atoms with E-state index < -0.39 is 0 Å². The van der Waals surface area contributed by atoms with Crippen LogP contribution >= 0.6 is 11.8 Å². The summed E-state index contributed by atoms with van der Waals surface area (Å²) >= 11 is 1.68. The number of carbonyl (C=O) groups excluding carboxylic acids is 1. The molecule has 0 bridgehead atoms. The smallest absolute Gasteiger partial charge is 0.306 e. The van der Waals surface area contributed by atoms with Crippen molar-refractivity contribution in [1.29, 1.82) is 0 Å². The van der Waals surface area contributed by atoms with E-state index in [0.717, 1.165) is 28.4 Å². The highest BCUT2D eigenvalue weighted by Gasteiger charge is 2.05. The molecule has 0 radical (unpaired) electrons. The first-order valence-electron chi connectivity index (χ1n) is 5.71. The maximum absolute atomic E-state index is 11.0. The number of methoxy groups -OCH3 is 2. The Hall–Kier alpha value is -1.20. The monoisotopic (exact) mass is 269 g/mol. The first-order chi connectivity index (χ1) is 8.71. The normalized spacial score (nSPS) is 10.2. The summed E-state index contributed by atoms with van der Waals surface area (Å²) in [6.45, 7) is 0.518. The zero-order valence-electron chi connectivity index (χ0n) is 10.8. The van der Waals surface area contributed by atoms with Crippen LogP contribution in [0, 0.1) is 0 Å². The Morgan fingerprint density at radius 2 is 2.17 bits per heavy atom. The summed E-state index contributed by atoms with van der Waals surface area (Å²) in [6, 6.07) is 5.93. The average Bonchev–Trinajstić information content (AvgIpc) is 2.42. The van der Waals surface area contributed by atoms with Gasteiger partial charge in [0.25, 0.3) is 0 Å². The Morgan fingerprint density at radius 1 is 1.39 bits per heavy atom. The molecule has 0 saturated carbocycles. The third-order valence-electron chi connectivity index (χ3n) is 2.52. The van der Waals surface area contributed by atoms with Crippen LogP contribution in [-0.4, -0.2) is 25.9 Å². The topological polar surface area (TPSA) is 61.5 Å². The van der Waals surface area contributed by atoms with Gasteiger partial charge < -0.3 is 15.2 Å². The van der Waals surface area contributed by atoms with Gasteiger partial charge >= 0.3 is 5.97 Å². The van der Waals surface area contributed by atoms with Crippen LogP contribution < -0.4 is 10.5 Å². The van der Waals surface area contributed by atoms with Crippen molar-refractivity contribution >= 4 is 17.7 Å². The van der Waals surface area contributed by atoms with Crippen LogP contribution in [0.15, 0.2) is 18.2 Å². The number of carbonyl (C=O) groups is 1. The molecule has 0 atom stereocenters. The Balaban J connectivity index is 2.52. The number of ether oxygens (including phenoxy) is 2. The molecule has 0 heterocycles. The zero-order chi connectivity index (χ0) is 13.4. The molecular formula is C13H19NO3S. The first-order valence-corrected chi connectivity index (χ1v) is 6.87. The van der Waals surface area contributed by atoms with Crippen LogP contribution in [0.2, 0.25) is 0 Å². The van der Waals surface area contributed by atoms with Crippen molar-refractivity contribution in [2.45, 2.75) is 18.7 Å². The SMILES string of the molecule is COC(=O)CCSCc1cc(CN)ccc1OC. The van der Waals surface area contributed by atoms with Crippen LogP contribution in [0.25, 0.3) is 0 Å². The molecule has 1 aromatic carbocycles. The highest BCUT2D eigenvalue weighted by atomic mass is 32.2. The number of hydrogen-bond donors (Lipinski definition) is 1. The quantitative estimate of drug-likeness (QED) is 0.605. The van der Waals surface area contributed by atoms with E-state index in [4.69, 9.17) is 10.5 Å². The van der Waals surface area contributed by atoms with Gasteiger partial charge in [-0.25, -0.2) is 0 Å². The highest BCUT2D eigenvalue weighted by molar-refractivity contribution is 7.98. The summed E-state index contributed by atoms with van der Waals surface area (Å²) in [4.78, 5) is 11.0. The molecular weight excluding hydrogens is 250 g/mol. The first kappa shape index (κ1) is 14.9. The number of esters is 1. The molecule has 0 unspecified atom stereocenters. The molecule has 0 saturated heterocycles. The zero-order valence-corrected chi connectivity index (χ0v) is 11.6. The van der Waals surface area contributed by atoms with Crippen LogP contribution in [0.1, 0.15) is 17.5 Å². The molecule has 1 rings (SSSR count). The predicted molar refractivity (Wildman–Crippen MR) is 73.7 cm³/mol. The lowest BCUT2D eigenvalue weighted by Crippen LogP contribution is -2.02. The van der Waals surface area contributed by atoms with Gasteiger partial charge in [0.15, 0.2) is 0 Å².